The van der Waals surface area contributed by atoms with E-state index in [1.807, 2.05) is 31.2 Å². The van der Waals surface area contributed by atoms with Gasteiger partial charge >= 0.3 is 11.7 Å². The molecule has 2 aromatic heterocycles. The fraction of sp³-hybridized carbons (Fsp3) is 0.323. The number of fused-ring (bicyclic) bond motifs is 1. The van der Waals surface area contributed by atoms with Gasteiger partial charge in [-0.25, -0.2) is 14.2 Å². The Labute approximate surface area is 230 Å². The van der Waals surface area contributed by atoms with Gasteiger partial charge in [0.25, 0.3) is 8.32 Å². The van der Waals surface area contributed by atoms with E-state index in [-0.39, 0.29) is 22.3 Å². The largest absolute Gasteiger partial charge is 0.542 e. The number of benzene rings is 2. The number of halogens is 1. The third kappa shape index (κ3) is 5.25. The van der Waals surface area contributed by atoms with E-state index in [1.54, 1.807) is 41.3 Å². The Balaban J connectivity index is 1.59. The van der Waals surface area contributed by atoms with Crippen molar-refractivity contribution in [3.8, 4) is 17.0 Å². The smallest absolute Gasteiger partial charge is 0.360 e. The summed E-state index contributed by atoms with van der Waals surface area (Å²) in [7, 11) is -2.29. The molecule has 8 heteroatoms. The molecule has 202 valence electrons. The van der Waals surface area contributed by atoms with E-state index in [0.717, 1.165) is 11.1 Å². The first-order chi connectivity index (χ1) is 18.4. The van der Waals surface area contributed by atoms with Gasteiger partial charge in [-0.1, -0.05) is 56.7 Å². The minimum Gasteiger partial charge on any atom is -0.542 e. The summed E-state index contributed by atoms with van der Waals surface area (Å²) in [5.41, 5.74) is 3.60. The molecular weight excluding hydrogens is 509 g/mol. The summed E-state index contributed by atoms with van der Waals surface area (Å²) in [5, 5.41) is 3.28. The molecule has 1 aliphatic rings. The van der Waals surface area contributed by atoms with E-state index in [0.29, 0.717) is 35.8 Å². The van der Waals surface area contributed by atoms with E-state index in [4.69, 9.17) is 13.8 Å². The van der Waals surface area contributed by atoms with Gasteiger partial charge in [-0.05, 0) is 54.9 Å². The van der Waals surface area contributed by atoms with Gasteiger partial charge in [0.05, 0.1) is 24.4 Å². The van der Waals surface area contributed by atoms with Crippen molar-refractivity contribution in [2.75, 3.05) is 5.32 Å². The molecule has 39 heavy (non-hydrogen) atoms. The van der Waals surface area contributed by atoms with Crippen molar-refractivity contribution >= 4 is 20.0 Å². The van der Waals surface area contributed by atoms with Gasteiger partial charge in [-0.15, -0.1) is 0 Å². The monoisotopic (exact) mass is 544 g/mol. The molecule has 0 radical (unpaired) electrons. The zero-order valence-corrected chi connectivity index (χ0v) is 24.3. The van der Waals surface area contributed by atoms with E-state index in [9.17, 15) is 4.79 Å². The predicted octanol–water partition coefficient (Wildman–Crippen LogP) is 6.73. The zero-order chi connectivity index (χ0) is 27.9. The van der Waals surface area contributed by atoms with Crippen LogP contribution in [0.5, 0.6) is 5.75 Å². The van der Waals surface area contributed by atoms with Crippen molar-refractivity contribution in [3.05, 3.63) is 95.5 Å². The van der Waals surface area contributed by atoms with Crippen molar-refractivity contribution in [1.29, 1.82) is 0 Å². The molecule has 6 nitrogen and oxygen atoms in total. The number of nitrogens with zero attached hydrogens (tertiary/aromatic N) is 2. The number of aryl methyl sites for hydroxylation is 1. The molecule has 1 N–H and O–H groups in total. The van der Waals surface area contributed by atoms with Crippen LogP contribution >= 0.6 is 0 Å². The van der Waals surface area contributed by atoms with Crippen molar-refractivity contribution in [2.24, 2.45) is 0 Å². The third-order valence-electron chi connectivity index (χ3n) is 7.76. The summed E-state index contributed by atoms with van der Waals surface area (Å²) in [6.45, 7) is 12.6. The number of carbonyl (C=O) groups is 1. The molecule has 0 saturated carbocycles. The number of aromatic nitrogens is 2. The Kier molecular flexibility index (Phi) is 6.93. The van der Waals surface area contributed by atoms with Gasteiger partial charge in [-0.2, -0.15) is 4.57 Å². The minimum atomic E-state index is -2.29. The molecule has 2 aromatic carbocycles. The van der Waals surface area contributed by atoms with Crippen LogP contribution in [0, 0.1) is 12.7 Å². The lowest BCUT2D eigenvalue weighted by Gasteiger charge is -2.36. The molecule has 5 rings (SSSR count). The van der Waals surface area contributed by atoms with E-state index >= 15 is 4.39 Å². The third-order valence-corrected chi connectivity index (χ3v) is 12.1. The molecule has 0 bridgehead atoms. The molecule has 0 saturated heterocycles. The molecule has 4 aromatic rings. The Bertz CT molecular complexity index is 1530. The van der Waals surface area contributed by atoms with Gasteiger partial charge < -0.3 is 8.84 Å². The van der Waals surface area contributed by atoms with Crippen molar-refractivity contribution in [2.45, 2.75) is 64.7 Å². The lowest BCUT2D eigenvalue weighted by molar-refractivity contribution is -0.541. The molecule has 1 atom stereocenters. The van der Waals surface area contributed by atoms with Crippen molar-refractivity contribution in [1.82, 2.24) is 4.98 Å². The highest BCUT2D eigenvalue weighted by Gasteiger charge is 2.44. The van der Waals surface area contributed by atoms with Crippen LogP contribution in [0.4, 0.5) is 10.2 Å². The van der Waals surface area contributed by atoms with E-state index in [1.165, 1.54) is 0 Å². The standard InChI is InChI=1S/C31H34FN3O3Si/c1-20-10-7-11-21(16-20)17-24-29-34-25(18-22-12-9-15-37-22)30(36)35(29)26(19-33-24)23-13-8-14-27(28(23)32)38-39(5,6)31(2,3)4/h7-16,19,25H,17-18H2,1-6H3/p+1. The van der Waals surface area contributed by atoms with E-state index in [2.05, 4.69) is 45.2 Å². The lowest BCUT2D eigenvalue weighted by atomic mass is 10.1. The highest BCUT2D eigenvalue weighted by atomic mass is 28.4. The van der Waals surface area contributed by atoms with Crippen LogP contribution in [-0.2, 0) is 12.8 Å². The second-order valence-corrected chi connectivity index (χ2v) is 16.5. The highest BCUT2D eigenvalue weighted by Crippen LogP contribution is 2.39. The second-order valence-electron chi connectivity index (χ2n) is 11.7. The Hall–Kier alpha value is -3.78. The number of anilines is 1. The number of rotatable bonds is 7. The Morgan fingerprint density at radius 1 is 1.13 bits per heavy atom. The molecule has 3 heterocycles. The topological polar surface area (TPSA) is 68.2 Å². The SMILES string of the molecule is Cc1cccc(Cc2ncc(-c3cccc(O[Si](C)(C)C(C)(C)C)c3F)[n+]3c2NC(Cc2ccco2)C3=O)c1. The van der Waals surface area contributed by atoms with E-state index < -0.39 is 20.2 Å². The maximum Gasteiger partial charge on any atom is 0.360 e. The van der Waals surface area contributed by atoms with Crippen LogP contribution < -0.4 is 14.3 Å². The van der Waals surface area contributed by atoms with Crippen LogP contribution in [0.1, 0.15) is 48.1 Å². The summed E-state index contributed by atoms with van der Waals surface area (Å²) < 4.78 is 29.5. The van der Waals surface area contributed by atoms with Gasteiger partial charge in [0, 0.05) is 6.42 Å². The van der Waals surface area contributed by atoms with Crippen LogP contribution in [-0.4, -0.2) is 25.3 Å². The molecule has 1 aliphatic heterocycles. The van der Waals surface area contributed by atoms with Gasteiger partial charge in [0.1, 0.15) is 17.2 Å². The molecular formula is C31H35FN3O3Si+. The molecule has 0 amide bonds. The zero-order valence-electron chi connectivity index (χ0n) is 23.3. The molecule has 0 spiro atoms. The predicted molar refractivity (Wildman–Crippen MR) is 152 cm³/mol. The number of hydrogen-bond donors (Lipinski definition) is 1. The fourth-order valence-corrected chi connectivity index (χ4v) is 5.60. The summed E-state index contributed by atoms with van der Waals surface area (Å²) >= 11 is 0. The van der Waals surface area contributed by atoms with Crippen LogP contribution in [0.25, 0.3) is 11.3 Å². The lowest BCUT2D eigenvalue weighted by Crippen LogP contribution is -2.46. The Morgan fingerprint density at radius 2 is 1.90 bits per heavy atom. The first-order valence-electron chi connectivity index (χ1n) is 13.2. The van der Waals surface area contributed by atoms with Crippen LogP contribution in [0.15, 0.2) is 71.5 Å². The fourth-order valence-electron chi connectivity index (χ4n) is 4.59. The van der Waals surface area contributed by atoms with Crippen molar-refractivity contribution in [3.63, 3.8) is 0 Å². The van der Waals surface area contributed by atoms with Gasteiger partial charge in [0.15, 0.2) is 11.5 Å². The maximum absolute atomic E-state index is 16.1. The van der Waals surface area contributed by atoms with Crippen LogP contribution in [0.3, 0.4) is 0 Å². The second kappa shape index (κ2) is 10.1. The summed E-state index contributed by atoms with van der Waals surface area (Å²) in [6.07, 6.45) is 4.09. The number of carbonyl (C=O) groups excluding carboxylic acids is 1. The van der Waals surface area contributed by atoms with Gasteiger partial charge in [0.2, 0.25) is 6.04 Å². The highest BCUT2D eigenvalue weighted by molar-refractivity contribution is 6.74. The number of hydrogen-bond acceptors (Lipinski definition) is 5. The quantitative estimate of drug-likeness (QED) is 0.206. The number of furan rings is 1. The first-order valence-corrected chi connectivity index (χ1v) is 16.2. The van der Waals surface area contributed by atoms with Crippen molar-refractivity contribution < 1.29 is 22.6 Å². The minimum absolute atomic E-state index is 0.0939. The molecule has 1 unspecified atom stereocenters. The average Bonchev–Trinajstić information content (AvgIpc) is 3.49. The van der Waals surface area contributed by atoms with Crippen LogP contribution in [0.2, 0.25) is 18.1 Å². The summed E-state index contributed by atoms with van der Waals surface area (Å²) in [6, 6.07) is 16.4. The normalized spacial score (nSPS) is 15.3. The number of nitrogens with one attached hydrogen (secondary N) is 1. The van der Waals surface area contributed by atoms with Gasteiger partial charge in [-0.3, -0.25) is 5.32 Å². The summed E-state index contributed by atoms with van der Waals surface area (Å²) in [5.74, 6) is 0.792. The molecule has 0 fully saturated rings. The molecule has 0 aliphatic carbocycles. The average molecular weight is 545 g/mol. The maximum atomic E-state index is 16.1. The first kappa shape index (κ1) is 26.8. The summed E-state index contributed by atoms with van der Waals surface area (Å²) in [4.78, 5) is 18.6. The Morgan fingerprint density at radius 3 is 2.59 bits per heavy atom.